The minimum absolute atomic E-state index is 0.179. The first-order chi connectivity index (χ1) is 8.47. The highest BCUT2D eigenvalue weighted by molar-refractivity contribution is 8.02. The Kier molecular flexibility index (Phi) is 7.69. The largest absolute Gasteiger partial charge is 0.449 e. The molecule has 2 amide bonds. The molecule has 0 aliphatic carbocycles. The SMILES string of the molecule is C=C(SC)C(=C)N(NC(=O)OCC)C(=O)OCC. The Hall–Kier alpha value is -1.63. The Morgan fingerprint density at radius 3 is 2.22 bits per heavy atom. The maximum atomic E-state index is 11.7. The number of thioether (sulfide) groups is 1. The smallest absolute Gasteiger partial charge is 0.433 e. The molecule has 0 aromatic rings. The fraction of sp³-hybridized carbons (Fsp3) is 0.455. The molecule has 0 unspecified atom stereocenters. The van der Waals surface area contributed by atoms with Crippen LogP contribution in [0.3, 0.4) is 0 Å². The van der Waals surface area contributed by atoms with Crippen molar-refractivity contribution in [2.24, 2.45) is 0 Å². The lowest BCUT2D eigenvalue weighted by Crippen LogP contribution is -2.46. The topological polar surface area (TPSA) is 67.9 Å². The molecular formula is C11H18N2O4S. The summed E-state index contributed by atoms with van der Waals surface area (Å²) >= 11 is 1.30. The second-order valence-corrected chi connectivity index (χ2v) is 3.84. The molecule has 0 aromatic carbocycles. The van der Waals surface area contributed by atoms with Crippen molar-refractivity contribution in [3.63, 3.8) is 0 Å². The van der Waals surface area contributed by atoms with Gasteiger partial charge in [-0.15, -0.1) is 11.8 Å². The predicted molar refractivity (Wildman–Crippen MR) is 70.8 cm³/mol. The van der Waals surface area contributed by atoms with Gasteiger partial charge in [-0.05, 0) is 20.1 Å². The van der Waals surface area contributed by atoms with E-state index in [1.807, 2.05) is 0 Å². The summed E-state index contributed by atoms with van der Waals surface area (Å²) in [7, 11) is 0. The molecule has 0 rings (SSSR count). The Morgan fingerprint density at radius 2 is 1.78 bits per heavy atom. The number of amides is 2. The van der Waals surface area contributed by atoms with Gasteiger partial charge in [-0.3, -0.25) is 0 Å². The van der Waals surface area contributed by atoms with Crippen LogP contribution < -0.4 is 5.43 Å². The number of hydrogen-bond acceptors (Lipinski definition) is 5. The lowest BCUT2D eigenvalue weighted by Gasteiger charge is -2.24. The highest BCUT2D eigenvalue weighted by Gasteiger charge is 2.22. The molecule has 0 fully saturated rings. The molecule has 0 saturated carbocycles. The van der Waals surface area contributed by atoms with Crippen molar-refractivity contribution in [2.75, 3.05) is 19.5 Å². The average Bonchev–Trinajstić information content (AvgIpc) is 2.34. The van der Waals surface area contributed by atoms with Crippen LogP contribution in [0.2, 0.25) is 0 Å². The summed E-state index contributed by atoms with van der Waals surface area (Å²) in [6.45, 7) is 11.1. The van der Waals surface area contributed by atoms with Gasteiger partial charge in [0.05, 0.1) is 18.9 Å². The first kappa shape index (κ1) is 16.4. The maximum absolute atomic E-state index is 11.7. The lowest BCUT2D eigenvalue weighted by atomic mass is 10.4. The number of hydrazine groups is 1. The Morgan fingerprint density at radius 1 is 1.22 bits per heavy atom. The van der Waals surface area contributed by atoms with Crippen LogP contribution in [0, 0.1) is 0 Å². The van der Waals surface area contributed by atoms with Crippen LogP contribution in [0.1, 0.15) is 13.8 Å². The highest BCUT2D eigenvalue weighted by Crippen LogP contribution is 2.20. The third-order valence-corrected chi connectivity index (χ3v) is 2.50. The molecular weight excluding hydrogens is 256 g/mol. The van der Waals surface area contributed by atoms with Crippen molar-refractivity contribution in [3.05, 3.63) is 23.8 Å². The standard InChI is InChI=1S/C11H18N2O4S/c1-6-16-10(14)12-13(11(15)17-7-2)8(3)9(4)18-5/h3-4,6-7H2,1-2,5H3,(H,12,14). The highest BCUT2D eigenvalue weighted by atomic mass is 32.2. The predicted octanol–water partition coefficient (Wildman–Crippen LogP) is 2.50. The second-order valence-electron chi connectivity index (χ2n) is 2.94. The van der Waals surface area contributed by atoms with Crippen molar-refractivity contribution in [1.29, 1.82) is 0 Å². The van der Waals surface area contributed by atoms with Gasteiger partial charge in [0, 0.05) is 4.91 Å². The molecule has 0 saturated heterocycles. The number of carbonyl (C=O) groups excluding carboxylic acids is 2. The lowest BCUT2D eigenvalue weighted by molar-refractivity contribution is 0.0891. The van der Waals surface area contributed by atoms with Crippen LogP contribution in [-0.2, 0) is 9.47 Å². The van der Waals surface area contributed by atoms with Crippen LogP contribution in [0.15, 0.2) is 23.8 Å². The van der Waals surface area contributed by atoms with Gasteiger partial charge in [0.2, 0.25) is 0 Å². The normalized spacial score (nSPS) is 9.28. The summed E-state index contributed by atoms with van der Waals surface area (Å²) in [5, 5.41) is 0.875. The minimum Gasteiger partial charge on any atom is -0.449 e. The van der Waals surface area contributed by atoms with Crippen LogP contribution in [0.25, 0.3) is 0 Å². The molecule has 0 radical (unpaired) electrons. The van der Waals surface area contributed by atoms with Gasteiger partial charge in [-0.2, -0.15) is 5.01 Å². The van der Waals surface area contributed by atoms with Gasteiger partial charge in [-0.25, -0.2) is 15.0 Å². The molecule has 0 aliphatic heterocycles. The minimum atomic E-state index is -0.763. The molecule has 0 spiro atoms. The number of nitrogens with zero attached hydrogens (tertiary/aromatic N) is 1. The first-order valence-corrected chi connectivity index (χ1v) is 6.52. The molecule has 6 nitrogen and oxygen atoms in total. The zero-order valence-electron chi connectivity index (χ0n) is 10.8. The van der Waals surface area contributed by atoms with Crippen molar-refractivity contribution in [1.82, 2.24) is 10.4 Å². The van der Waals surface area contributed by atoms with E-state index in [0.29, 0.717) is 4.91 Å². The summed E-state index contributed by atoms with van der Waals surface area (Å²) < 4.78 is 9.49. The summed E-state index contributed by atoms with van der Waals surface area (Å²) in [6, 6.07) is 0. The van der Waals surface area contributed by atoms with Crippen molar-refractivity contribution in [3.8, 4) is 0 Å². The van der Waals surface area contributed by atoms with Crippen LogP contribution in [0.5, 0.6) is 0 Å². The summed E-state index contributed by atoms with van der Waals surface area (Å²) in [4.78, 5) is 23.5. The number of nitrogens with one attached hydrogen (secondary N) is 1. The summed E-state index contributed by atoms with van der Waals surface area (Å²) in [5.41, 5.74) is 2.47. The van der Waals surface area contributed by atoms with Gasteiger partial charge < -0.3 is 9.47 Å². The molecule has 102 valence electrons. The van der Waals surface area contributed by atoms with E-state index in [-0.39, 0.29) is 18.9 Å². The fourth-order valence-electron chi connectivity index (χ4n) is 0.909. The van der Waals surface area contributed by atoms with Crippen LogP contribution >= 0.6 is 11.8 Å². The van der Waals surface area contributed by atoms with Crippen molar-refractivity contribution < 1.29 is 19.1 Å². The molecule has 1 N–H and O–H groups in total. The second kappa shape index (κ2) is 8.46. The first-order valence-electron chi connectivity index (χ1n) is 5.30. The van der Waals surface area contributed by atoms with Crippen molar-refractivity contribution in [2.45, 2.75) is 13.8 Å². The van der Waals surface area contributed by atoms with Gasteiger partial charge in [0.1, 0.15) is 0 Å². The Balaban J connectivity index is 4.82. The summed E-state index contributed by atoms with van der Waals surface area (Å²) in [6.07, 6.45) is 0.271. The van der Waals surface area contributed by atoms with E-state index in [2.05, 4.69) is 23.3 Å². The fourth-order valence-corrected chi connectivity index (χ4v) is 1.24. The van der Waals surface area contributed by atoms with E-state index in [0.717, 1.165) is 5.01 Å². The van der Waals surface area contributed by atoms with E-state index in [1.165, 1.54) is 11.8 Å². The quantitative estimate of drug-likeness (QED) is 0.616. The zero-order valence-corrected chi connectivity index (χ0v) is 11.6. The van der Waals surface area contributed by atoms with E-state index in [1.54, 1.807) is 20.1 Å². The van der Waals surface area contributed by atoms with E-state index in [9.17, 15) is 9.59 Å². The molecule has 0 bridgehead atoms. The third kappa shape index (κ3) is 5.13. The van der Waals surface area contributed by atoms with E-state index < -0.39 is 12.2 Å². The molecule has 0 aliphatic rings. The number of carbonyl (C=O) groups is 2. The molecule has 7 heteroatoms. The van der Waals surface area contributed by atoms with Gasteiger partial charge in [0.25, 0.3) is 0 Å². The van der Waals surface area contributed by atoms with Gasteiger partial charge in [-0.1, -0.05) is 13.2 Å². The van der Waals surface area contributed by atoms with Crippen molar-refractivity contribution >= 4 is 23.9 Å². The number of hydrogen-bond donors (Lipinski definition) is 1. The Labute approximate surface area is 111 Å². The molecule has 0 atom stereocenters. The van der Waals surface area contributed by atoms with E-state index >= 15 is 0 Å². The number of ether oxygens (including phenoxy) is 2. The average molecular weight is 274 g/mol. The molecule has 18 heavy (non-hydrogen) atoms. The van der Waals surface area contributed by atoms with E-state index in [4.69, 9.17) is 4.74 Å². The van der Waals surface area contributed by atoms with Gasteiger partial charge >= 0.3 is 12.2 Å². The third-order valence-electron chi connectivity index (χ3n) is 1.77. The zero-order chi connectivity index (χ0) is 14.1. The van der Waals surface area contributed by atoms with Crippen LogP contribution in [0.4, 0.5) is 9.59 Å². The number of rotatable bonds is 5. The monoisotopic (exact) mass is 274 g/mol. The Bertz CT molecular complexity index is 344. The van der Waals surface area contributed by atoms with Gasteiger partial charge in [0.15, 0.2) is 0 Å². The van der Waals surface area contributed by atoms with Crippen LogP contribution in [-0.4, -0.2) is 36.7 Å². The molecule has 0 heterocycles. The maximum Gasteiger partial charge on any atom is 0.433 e. The summed E-state index contributed by atoms with van der Waals surface area (Å²) in [5.74, 6) is 0. The molecule has 0 aromatic heterocycles.